The molecule has 2 saturated carbocycles. The average Bonchev–Trinajstić information content (AvgIpc) is 3.86. The Morgan fingerprint density at radius 2 is 1.77 bits per heavy atom. The molecule has 44 heavy (non-hydrogen) atoms. The van der Waals surface area contributed by atoms with E-state index in [4.69, 9.17) is 10.5 Å². The molecule has 1 aromatic rings. The van der Waals surface area contributed by atoms with Crippen molar-refractivity contribution in [1.82, 2.24) is 19.8 Å². The second kappa shape index (κ2) is 11.9. The van der Waals surface area contributed by atoms with Gasteiger partial charge in [0.2, 0.25) is 21.8 Å². The van der Waals surface area contributed by atoms with Crippen LogP contribution >= 0.6 is 0 Å². The van der Waals surface area contributed by atoms with Crippen LogP contribution in [0, 0.1) is 11.7 Å². The van der Waals surface area contributed by atoms with Gasteiger partial charge in [0.15, 0.2) is 0 Å². The number of fused-ring (bicyclic) bond motifs is 3. The van der Waals surface area contributed by atoms with Crippen LogP contribution in [0.5, 0.6) is 0 Å². The number of nitrogens with one attached hydrogen (secondary N) is 2. The van der Waals surface area contributed by atoms with Gasteiger partial charge in [-0.1, -0.05) is 44.2 Å². The van der Waals surface area contributed by atoms with E-state index in [9.17, 15) is 32.0 Å². The number of amides is 4. The normalized spacial score (nSPS) is 31.1. The third-order valence-corrected chi connectivity index (χ3v) is 11.6. The van der Waals surface area contributed by atoms with Crippen LogP contribution in [0.2, 0.25) is 0 Å². The minimum absolute atomic E-state index is 0.0199. The highest BCUT2D eigenvalue weighted by molar-refractivity contribution is 7.91. The van der Waals surface area contributed by atoms with E-state index in [1.165, 1.54) is 15.9 Å². The summed E-state index contributed by atoms with van der Waals surface area (Å²) in [7, 11) is -3.83. The fourth-order valence-electron chi connectivity index (χ4n) is 6.88. The molecule has 0 unspecified atom stereocenters. The standard InChI is InChI=1S/C30H40FN5O7S/c31-23-9-6-7-18-15-35(17-22(18)23)29(40)43-20-13-25-26(37)33-30(28(39)34-44(41,42)21-11-12-21)14-19(30)8-4-2-1-3-5-10-24(32)27(38)36(25)16-20/h6-7,9,19-21,24-25H,1-5,8,10-17,32H2,(H,33,37)(H,34,39)/t19-,20-,24+,25+,30-/m1/s1. The van der Waals surface area contributed by atoms with Crippen molar-refractivity contribution in [2.75, 3.05) is 6.54 Å². The lowest BCUT2D eigenvalue weighted by atomic mass is 10.0. The summed E-state index contributed by atoms with van der Waals surface area (Å²) in [5.41, 5.74) is 6.00. The first-order valence-corrected chi connectivity index (χ1v) is 17.2. The van der Waals surface area contributed by atoms with Crippen LogP contribution < -0.4 is 15.8 Å². The van der Waals surface area contributed by atoms with Gasteiger partial charge in [0, 0.05) is 18.5 Å². The third kappa shape index (κ3) is 6.15. The molecule has 0 spiro atoms. The Balaban J connectivity index is 1.19. The lowest BCUT2D eigenvalue weighted by molar-refractivity contribution is -0.140. The SMILES string of the molecule is N[C@H]1CCCCCCC[C@@H]2C[C@@]2(C(=O)NS(=O)(=O)C2CC2)NC(=O)[C@@H]2C[C@@H](OC(=O)N3Cc4cccc(F)c4C3)CN2C1=O. The molecule has 5 atom stereocenters. The third-order valence-electron chi connectivity index (χ3n) is 9.74. The molecule has 3 aliphatic heterocycles. The summed E-state index contributed by atoms with van der Waals surface area (Å²) in [6.07, 6.45) is 5.15. The summed E-state index contributed by atoms with van der Waals surface area (Å²) in [5.74, 6) is -2.44. The van der Waals surface area contributed by atoms with Gasteiger partial charge in [-0.2, -0.15) is 0 Å². The van der Waals surface area contributed by atoms with Gasteiger partial charge in [0.25, 0.3) is 5.91 Å². The molecule has 4 N–H and O–H groups in total. The van der Waals surface area contributed by atoms with E-state index in [2.05, 4.69) is 10.0 Å². The number of hydrogen-bond donors (Lipinski definition) is 3. The maximum atomic E-state index is 14.2. The zero-order chi connectivity index (χ0) is 31.2. The van der Waals surface area contributed by atoms with E-state index < -0.39 is 68.6 Å². The Morgan fingerprint density at radius 3 is 2.50 bits per heavy atom. The molecule has 0 aromatic heterocycles. The maximum Gasteiger partial charge on any atom is 0.410 e. The van der Waals surface area contributed by atoms with Crippen molar-refractivity contribution >= 4 is 33.8 Å². The minimum Gasteiger partial charge on any atom is -0.444 e. The van der Waals surface area contributed by atoms with Gasteiger partial charge >= 0.3 is 6.09 Å². The highest BCUT2D eigenvalue weighted by atomic mass is 32.2. The number of nitrogens with zero attached hydrogens (tertiary/aromatic N) is 2. The van der Waals surface area contributed by atoms with Crippen molar-refractivity contribution in [3.8, 4) is 0 Å². The lowest BCUT2D eigenvalue weighted by Crippen LogP contribution is -2.57. The number of halogens is 1. The molecule has 2 saturated heterocycles. The van der Waals surface area contributed by atoms with Crippen molar-refractivity contribution in [2.45, 2.75) is 113 Å². The number of ether oxygens (including phenoxy) is 1. The number of carbonyl (C=O) groups is 4. The number of nitrogens with two attached hydrogens (primary N) is 1. The number of benzene rings is 1. The molecule has 5 aliphatic rings. The Labute approximate surface area is 256 Å². The Kier molecular flexibility index (Phi) is 8.33. The number of carbonyl (C=O) groups excluding carboxylic acids is 4. The minimum atomic E-state index is -3.83. The molecule has 4 fully saturated rings. The molecular formula is C30H40FN5O7S. The molecule has 1 aromatic carbocycles. The molecule has 0 radical (unpaired) electrons. The molecular weight excluding hydrogens is 593 g/mol. The second-order valence-corrected chi connectivity index (χ2v) is 14.9. The highest BCUT2D eigenvalue weighted by Crippen LogP contribution is 2.48. The van der Waals surface area contributed by atoms with Gasteiger partial charge in [-0.05, 0) is 49.7 Å². The van der Waals surface area contributed by atoms with E-state index in [-0.39, 0.29) is 32.0 Å². The van der Waals surface area contributed by atoms with Crippen LogP contribution in [0.3, 0.4) is 0 Å². The zero-order valence-corrected chi connectivity index (χ0v) is 25.5. The predicted molar refractivity (Wildman–Crippen MR) is 155 cm³/mol. The quantitative estimate of drug-likeness (QED) is 0.451. The summed E-state index contributed by atoms with van der Waals surface area (Å²) >= 11 is 0. The molecule has 12 nitrogen and oxygen atoms in total. The van der Waals surface area contributed by atoms with Crippen molar-refractivity contribution in [1.29, 1.82) is 0 Å². The van der Waals surface area contributed by atoms with E-state index >= 15 is 0 Å². The number of sulfonamides is 1. The predicted octanol–water partition coefficient (Wildman–Crippen LogP) is 1.80. The summed E-state index contributed by atoms with van der Waals surface area (Å²) in [4.78, 5) is 56.6. The fraction of sp³-hybridized carbons (Fsp3) is 0.667. The fourth-order valence-corrected chi connectivity index (χ4v) is 8.24. The Bertz CT molecular complexity index is 1450. The zero-order valence-electron chi connectivity index (χ0n) is 24.6. The van der Waals surface area contributed by atoms with E-state index in [0.29, 0.717) is 43.2 Å². The van der Waals surface area contributed by atoms with Crippen molar-refractivity contribution in [2.24, 2.45) is 11.7 Å². The molecule has 6 rings (SSSR count). The first-order chi connectivity index (χ1) is 21.0. The number of hydrogen-bond acceptors (Lipinski definition) is 8. The van der Waals surface area contributed by atoms with Crippen molar-refractivity contribution in [3.05, 3.63) is 35.1 Å². The van der Waals surface area contributed by atoms with Crippen LogP contribution in [-0.2, 0) is 42.2 Å². The first-order valence-electron chi connectivity index (χ1n) is 15.6. The second-order valence-electron chi connectivity index (χ2n) is 13.0. The Morgan fingerprint density at radius 1 is 1.05 bits per heavy atom. The summed E-state index contributed by atoms with van der Waals surface area (Å²) in [6.45, 7) is 0.164. The van der Waals surface area contributed by atoms with E-state index in [1.54, 1.807) is 12.1 Å². The molecule has 0 bridgehead atoms. The van der Waals surface area contributed by atoms with Crippen LogP contribution in [0.15, 0.2) is 18.2 Å². The van der Waals surface area contributed by atoms with Gasteiger partial charge in [-0.15, -0.1) is 0 Å². The largest absolute Gasteiger partial charge is 0.444 e. The molecule has 2 aliphatic carbocycles. The number of rotatable bonds is 4. The van der Waals surface area contributed by atoms with Crippen molar-refractivity contribution < 1.29 is 36.7 Å². The maximum absolute atomic E-state index is 14.2. The highest BCUT2D eigenvalue weighted by Gasteiger charge is 2.62. The van der Waals surface area contributed by atoms with Crippen LogP contribution in [0.1, 0.15) is 81.8 Å². The molecule has 3 heterocycles. The lowest BCUT2D eigenvalue weighted by Gasteiger charge is -2.28. The molecule has 4 amide bonds. The first kappa shape index (κ1) is 30.8. The van der Waals surface area contributed by atoms with E-state index in [1.807, 2.05) is 0 Å². The van der Waals surface area contributed by atoms with Gasteiger partial charge in [0.05, 0.1) is 24.4 Å². The Hall–Kier alpha value is -3.26. The molecule has 14 heteroatoms. The van der Waals surface area contributed by atoms with Crippen molar-refractivity contribution in [3.63, 3.8) is 0 Å². The van der Waals surface area contributed by atoms with Gasteiger partial charge < -0.3 is 20.7 Å². The van der Waals surface area contributed by atoms with Gasteiger partial charge in [-0.3, -0.25) is 24.0 Å². The van der Waals surface area contributed by atoms with Gasteiger partial charge in [0.1, 0.15) is 23.5 Å². The van der Waals surface area contributed by atoms with Crippen LogP contribution in [0.25, 0.3) is 0 Å². The summed E-state index contributed by atoms with van der Waals surface area (Å²) in [5, 5.41) is 2.23. The van der Waals surface area contributed by atoms with Gasteiger partial charge in [-0.25, -0.2) is 17.6 Å². The van der Waals surface area contributed by atoms with Crippen LogP contribution in [0.4, 0.5) is 9.18 Å². The van der Waals surface area contributed by atoms with E-state index in [0.717, 1.165) is 32.1 Å². The average molecular weight is 634 g/mol. The molecule has 240 valence electrons. The van der Waals surface area contributed by atoms with Crippen LogP contribution in [-0.4, -0.2) is 77.6 Å². The monoisotopic (exact) mass is 633 g/mol. The smallest absolute Gasteiger partial charge is 0.410 e. The topological polar surface area (TPSA) is 168 Å². The summed E-state index contributed by atoms with van der Waals surface area (Å²) in [6, 6.07) is 2.74. The summed E-state index contributed by atoms with van der Waals surface area (Å²) < 4.78 is 47.4.